The molecule has 11 aromatic rings. The standard InChI is InChI=1S/C69H67N5O/c1-66(2,3)46-35-36-70-64(40-46)74-61-34-31-50(73-59-28-17-15-25-54(59)55-26-16-18-29-60(55)73)42-57(61)56-33-32-53(43-63(56)74)75-52-24-19-23-49(41-52)71-44-72(51-38-47(67(4,5)6)37-48(39-51)68(7,8)9)65-58(27-20-30-62(65)71)69(10,11)45-21-13-12-14-22-45/h12-43H,44H2,1-11H3. The van der Waals surface area contributed by atoms with Crippen molar-refractivity contribution in [1.82, 2.24) is 14.1 Å². The first-order chi connectivity index (χ1) is 35.8. The molecule has 6 heteroatoms. The number of nitrogens with zero attached hydrogens (tertiary/aromatic N) is 5. The minimum atomic E-state index is -0.280. The van der Waals surface area contributed by atoms with Crippen LogP contribution in [0.15, 0.2) is 194 Å². The number of fused-ring (bicyclic) bond motifs is 7. The van der Waals surface area contributed by atoms with Crippen LogP contribution in [0.2, 0.25) is 0 Å². The highest BCUT2D eigenvalue weighted by molar-refractivity contribution is 6.12. The molecule has 0 aliphatic carbocycles. The molecule has 1 aliphatic heterocycles. The Bertz CT molecular complexity index is 3920. The largest absolute Gasteiger partial charge is 0.457 e. The smallest absolute Gasteiger partial charge is 0.137 e. The number of pyridine rings is 1. The van der Waals surface area contributed by atoms with Crippen LogP contribution in [-0.4, -0.2) is 20.8 Å². The Morgan fingerprint density at radius 2 is 1.00 bits per heavy atom. The van der Waals surface area contributed by atoms with Gasteiger partial charge in [-0.3, -0.25) is 4.57 Å². The van der Waals surface area contributed by atoms with Gasteiger partial charge in [0.05, 0.1) is 33.4 Å². The summed E-state index contributed by atoms with van der Waals surface area (Å²) in [4.78, 5) is 10.1. The molecule has 3 aromatic heterocycles. The van der Waals surface area contributed by atoms with Crippen LogP contribution in [0.1, 0.15) is 104 Å². The monoisotopic (exact) mass is 982 g/mol. The maximum absolute atomic E-state index is 6.99. The quantitative estimate of drug-likeness (QED) is 0.152. The molecule has 0 fully saturated rings. The van der Waals surface area contributed by atoms with Crippen molar-refractivity contribution in [2.24, 2.45) is 0 Å². The van der Waals surface area contributed by atoms with Crippen molar-refractivity contribution in [2.45, 2.75) is 97.8 Å². The van der Waals surface area contributed by atoms with Gasteiger partial charge in [-0.1, -0.05) is 167 Å². The third kappa shape index (κ3) is 8.32. The number of anilines is 4. The Balaban J connectivity index is 0.974. The van der Waals surface area contributed by atoms with E-state index in [2.05, 4.69) is 283 Å². The van der Waals surface area contributed by atoms with E-state index in [-0.39, 0.29) is 21.7 Å². The lowest BCUT2D eigenvalue weighted by atomic mass is 9.76. The summed E-state index contributed by atoms with van der Waals surface area (Å²) in [6.07, 6.45) is 1.94. The summed E-state index contributed by atoms with van der Waals surface area (Å²) in [7, 11) is 0. The summed E-state index contributed by atoms with van der Waals surface area (Å²) in [6, 6.07) is 68.8. The number of aromatic nitrogens is 3. The Kier molecular flexibility index (Phi) is 11.2. The van der Waals surface area contributed by atoms with E-state index < -0.39 is 0 Å². The van der Waals surface area contributed by atoms with Gasteiger partial charge >= 0.3 is 0 Å². The van der Waals surface area contributed by atoms with Gasteiger partial charge in [0.25, 0.3) is 0 Å². The molecule has 0 saturated carbocycles. The molecule has 1 aliphatic rings. The van der Waals surface area contributed by atoms with Crippen LogP contribution in [0.5, 0.6) is 11.5 Å². The summed E-state index contributed by atoms with van der Waals surface area (Å²) in [6.45, 7) is 26.0. The van der Waals surface area contributed by atoms with E-state index >= 15 is 0 Å². The maximum Gasteiger partial charge on any atom is 0.137 e. The van der Waals surface area contributed by atoms with Crippen LogP contribution in [0, 0.1) is 0 Å². The van der Waals surface area contributed by atoms with Crippen molar-refractivity contribution in [3.8, 4) is 23.0 Å². The van der Waals surface area contributed by atoms with Crippen molar-refractivity contribution in [3.63, 3.8) is 0 Å². The third-order valence-electron chi connectivity index (χ3n) is 15.8. The highest BCUT2D eigenvalue weighted by Crippen LogP contribution is 2.52. The van der Waals surface area contributed by atoms with Gasteiger partial charge < -0.3 is 19.1 Å². The van der Waals surface area contributed by atoms with Gasteiger partial charge in [-0.05, 0) is 129 Å². The number of para-hydroxylation sites is 3. The number of benzene rings is 8. The molecule has 4 heterocycles. The topological polar surface area (TPSA) is 38.5 Å². The van der Waals surface area contributed by atoms with Gasteiger partial charge in [0.1, 0.15) is 24.0 Å². The molecule has 6 nitrogen and oxygen atoms in total. The van der Waals surface area contributed by atoms with Crippen molar-refractivity contribution < 1.29 is 4.74 Å². The minimum Gasteiger partial charge on any atom is -0.457 e. The van der Waals surface area contributed by atoms with Gasteiger partial charge in [-0.25, -0.2) is 4.98 Å². The van der Waals surface area contributed by atoms with Crippen LogP contribution in [0.4, 0.5) is 22.7 Å². The molecule has 0 amide bonds. The minimum absolute atomic E-state index is 0.0342. The van der Waals surface area contributed by atoms with E-state index in [0.29, 0.717) is 6.67 Å². The van der Waals surface area contributed by atoms with Gasteiger partial charge in [0.15, 0.2) is 0 Å². The number of hydrogen-bond donors (Lipinski definition) is 0. The first kappa shape index (κ1) is 47.9. The molecule has 374 valence electrons. The van der Waals surface area contributed by atoms with Crippen molar-refractivity contribution in [2.75, 3.05) is 16.5 Å². The molecule has 0 spiro atoms. The summed E-state index contributed by atoms with van der Waals surface area (Å²) < 4.78 is 11.7. The molecule has 0 radical (unpaired) electrons. The lowest BCUT2D eigenvalue weighted by molar-refractivity contribution is 0.483. The van der Waals surface area contributed by atoms with Crippen LogP contribution in [0.3, 0.4) is 0 Å². The maximum atomic E-state index is 6.99. The average Bonchev–Trinajstić information content (AvgIpc) is 4.07. The van der Waals surface area contributed by atoms with E-state index in [1.165, 1.54) is 66.7 Å². The Hall–Kier alpha value is -8.09. The van der Waals surface area contributed by atoms with E-state index in [4.69, 9.17) is 9.72 Å². The Morgan fingerprint density at radius 3 is 1.68 bits per heavy atom. The lowest BCUT2D eigenvalue weighted by Gasteiger charge is -2.33. The van der Waals surface area contributed by atoms with Crippen molar-refractivity contribution in [3.05, 3.63) is 222 Å². The molecule has 0 saturated heterocycles. The lowest BCUT2D eigenvalue weighted by Crippen LogP contribution is -2.27. The zero-order valence-electron chi connectivity index (χ0n) is 45.3. The fourth-order valence-electron chi connectivity index (χ4n) is 11.4. The summed E-state index contributed by atoms with van der Waals surface area (Å²) in [5.74, 6) is 2.39. The number of ether oxygens (including phenoxy) is 1. The van der Waals surface area contributed by atoms with Gasteiger partial charge in [0, 0.05) is 62.4 Å². The van der Waals surface area contributed by atoms with E-state index in [0.717, 1.165) is 50.5 Å². The normalized spacial score (nSPS) is 13.4. The molecule has 0 atom stereocenters. The number of hydrogen-bond acceptors (Lipinski definition) is 4. The summed E-state index contributed by atoms with van der Waals surface area (Å²) in [5, 5.41) is 4.77. The van der Waals surface area contributed by atoms with E-state index in [1.54, 1.807) is 0 Å². The zero-order chi connectivity index (χ0) is 52.2. The van der Waals surface area contributed by atoms with Crippen molar-refractivity contribution in [1.29, 1.82) is 0 Å². The summed E-state index contributed by atoms with van der Waals surface area (Å²) in [5.41, 5.74) is 16.3. The second kappa shape index (κ2) is 17.5. The molecular formula is C69H67N5O. The number of rotatable bonds is 8. The van der Waals surface area contributed by atoms with Crippen LogP contribution in [0.25, 0.3) is 55.1 Å². The van der Waals surface area contributed by atoms with Gasteiger partial charge in [0.2, 0.25) is 0 Å². The molecule has 0 unspecified atom stereocenters. The third-order valence-corrected chi connectivity index (χ3v) is 15.8. The zero-order valence-corrected chi connectivity index (χ0v) is 45.3. The first-order valence-corrected chi connectivity index (χ1v) is 26.5. The van der Waals surface area contributed by atoms with Crippen LogP contribution < -0.4 is 14.5 Å². The predicted octanol–water partition coefficient (Wildman–Crippen LogP) is 18.5. The van der Waals surface area contributed by atoms with E-state index in [9.17, 15) is 0 Å². The van der Waals surface area contributed by atoms with Crippen LogP contribution in [-0.2, 0) is 21.7 Å². The predicted molar refractivity (Wildman–Crippen MR) is 316 cm³/mol. The highest BCUT2D eigenvalue weighted by Gasteiger charge is 2.37. The molecule has 8 aromatic carbocycles. The average molecular weight is 982 g/mol. The second-order valence-corrected chi connectivity index (χ2v) is 24.3. The summed E-state index contributed by atoms with van der Waals surface area (Å²) >= 11 is 0. The van der Waals surface area contributed by atoms with Crippen LogP contribution >= 0.6 is 0 Å². The molecule has 0 N–H and O–H groups in total. The molecule has 12 rings (SSSR count). The van der Waals surface area contributed by atoms with E-state index in [1.807, 2.05) is 6.20 Å². The molecular weight excluding hydrogens is 915 g/mol. The molecule has 75 heavy (non-hydrogen) atoms. The van der Waals surface area contributed by atoms with Gasteiger partial charge in [-0.2, -0.15) is 0 Å². The Morgan fingerprint density at radius 1 is 0.387 bits per heavy atom. The second-order valence-electron chi connectivity index (χ2n) is 24.3. The fraction of sp³-hybridized carbons (Fsp3) is 0.232. The SMILES string of the molecule is CC(C)(C)c1cc(N2CN(c3cccc(Oc4ccc5c6cc(-n7c8ccccc8c8ccccc87)ccc6n(-c6cc(C(C)(C)C)ccn6)c5c4)c3)c3cccc(C(C)(C)c4ccccc4)c32)cc(C(C)(C)C)c1. The highest BCUT2D eigenvalue weighted by atomic mass is 16.5. The first-order valence-electron chi connectivity index (χ1n) is 26.5. The van der Waals surface area contributed by atoms with Gasteiger partial charge in [-0.15, -0.1) is 0 Å². The molecule has 0 bridgehead atoms. The Labute approximate surface area is 442 Å². The fourth-order valence-corrected chi connectivity index (χ4v) is 11.4. The van der Waals surface area contributed by atoms with Crippen molar-refractivity contribution >= 4 is 66.4 Å².